The molecule has 7 heteroatoms. The van der Waals surface area contributed by atoms with Gasteiger partial charge in [-0.2, -0.15) is 0 Å². The minimum atomic E-state index is -3.52. The standard InChI is InChI=1S/C13H16N2O4S/c1-13(2)12(16)14-10-6-5-9(7-11(10)19-13)20(17,18)15-8-3-4-8/h5-8,15H,3-4H2,1-2H3,(H,14,16). The molecule has 6 nitrogen and oxygen atoms in total. The molecule has 1 aliphatic heterocycles. The van der Waals surface area contributed by atoms with E-state index in [0.717, 1.165) is 12.8 Å². The summed E-state index contributed by atoms with van der Waals surface area (Å²) in [7, 11) is -3.52. The molecule has 2 aliphatic rings. The van der Waals surface area contributed by atoms with Crippen molar-refractivity contribution in [3.63, 3.8) is 0 Å². The fourth-order valence-corrected chi connectivity index (χ4v) is 3.26. The average molecular weight is 296 g/mol. The SMILES string of the molecule is CC1(C)Oc2cc(S(=O)(=O)NC3CC3)ccc2NC1=O. The third-order valence-electron chi connectivity index (χ3n) is 3.32. The van der Waals surface area contributed by atoms with E-state index in [1.807, 2.05) is 0 Å². The number of carbonyl (C=O) groups is 1. The van der Waals surface area contributed by atoms with E-state index in [9.17, 15) is 13.2 Å². The van der Waals surface area contributed by atoms with Crippen LogP contribution >= 0.6 is 0 Å². The zero-order valence-corrected chi connectivity index (χ0v) is 12.1. The van der Waals surface area contributed by atoms with E-state index < -0.39 is 15.6 Å². The van der Waals surface area contributed by atoms with Crippen molar-refractivity contribution in [3.8, 4) is 5.75 Å². The van der Waals surface area contributed by atoms with Crippen molar-refractivity contribution < 1.29 is 17.9 Å². The van der Waals surface area contributed by atoms with E-state index in [1.165, 1.54) is 12.1 Å². The normalized spacial score (nSPS) is 20.8. The summed E-state index contributed by atoms with van der Waals surface area (Å²) in [6.07, 6.45) is 1.76. The number of sulfonamides is 1. The summed E-state index contributed by atoms with van der Waals surface area (Å²) in [4.78, 5) is 11.9. The van der Waals surface area contributed by atoms with Gasteiger partial charge >= 0.3 is 0 Å². The molecular formula is C13H16N2O4S. The van der Waals surface area contributed by atoms with Gasteiger partial charge in [0.1, 0.15) is 5.75 Å². The van der Waals surface area contributed by atoms with E-state index in [0.29, 0.717) is 11.4 Å². The third-order valence-corrected chi connectivity index (χ3v) is 4.84. The first-order chi connectivity index (χ1) is 9.28. The number of nitrogens with one attached hydrogen (secondary N) is 2. The van der Waals surface area contributed by atoms with Gasteiger partial charge in [-0.1, -0.05) is 0 Å². The van der Waals surface area contributed by atoms with Gasteiger partial charge in [-0.25, -0.2) is 13.1 Å². The summed E-state index contributed by atoms with van der Waals surface area (Å²) < 4.78 is 32.5. The van der Waals surface area contributed by atoms with E-state index in [-0.39, 0.29) is 16.8 Å². The third kappa shape index (κ3) is 2.38. The van der Waals surface area contributed by atoms with Crippen LogP contribution in [0.3, 0.4) is 0 Å². The van der Waals surface area contributed by atoms with Crippen molar-refractivity contribution >= 4 is 21.6 Å². The van der Waals surface area contributed by atoms with Crippen LogP contribution in [0.25, 0.3) is 0 Å². The zero-order valence-electron chi connectivity index (χ0n) is 11.3. The molecule has 3 rings (SSSR count). The lowest BCUT2D eigenvalue weighted by Crippen LogP contribution is -2.45. The highest BCUT2D eigenvalue weighted by atomic mass is 32.2. The molecule has 0 aromatic heterocycles. The number of ether oxygens (including phenoxy) is 1. The Morgan fingerprint density at radius 1 is 1.35 bits per heavy atom. The highest BCUT2D eigenvalue weighted by Gasteiger charge is 2.36. The number of benzene rings is 1. The van der Waals surface area contributed by atoms with Gasteiger partial charge in [0.15, 0.2) is 5.60 Å². The molecule has 1 fully saturated rings. The Kier molecular flexibility index (Phi) is 2.81. The van der Waals surface area contributed by atoms with Crippen molar-refractivity contribution in [2.45, 2.75) is 43.2 Å². The van der Waals surface area contributed by atoms with E-state index in [4.69, 9.17) is 4.74 Å². The van der Waals surface area contributed by atoms with Crippen LogP contribution in [0.2, 0.25) is 0 Å². The predicted molar refractivity (Wildman–Crippen MR) is 73.1 cm³/mol. The van der Waals surface area contributed by atoms with E-state index in [2.05, 4.69) is 10.0 Å². The monoisotopic (exact) mass is 296 g/mol. The number of hydrogen-bond acceptors (Lipinski definition) is 4. The van der Waals surface area contributed by atoms with Gasteiger partial charge in [0, 0.05) is 12.1 Å². The second kappa shape index (κ2) is 4.20. The van der Waals surface area contributed by atoms with Crippen molar-refractivity contribution in [2.75, 3.05) is 5.32 Å². The molecule has 20 heavy (non-hydrogen) atoms. The van der Waals surface area contributed by atoms with Crippen molar-refractivity contribution in [1.82, 2.24) is 4.72 Å². The summed E-state index contributed by atoms with van der Waals surface area (Å²) in [5.74, 6) is 0.116. The molecular weight excluding hydrogens is 280 g/mol. The van der Waals surface area contributed by atoms with Gasteiger partial charge in [0.2, 0.25) is 10.0 Å². The van der Waals surface area contributed by atoms with Gasteiger partial charge in [-0.15, -0.1) is 0 Å². The molecule has 0 spiro atoms. The first-order valence-corrected chi connectivity index (χ1v) is 7.93. The lowest BCUT2D eigenvalue weighted by molar-refractivity contribution is -0.129. The second-order valence-corrected chi connectivity index (χ2v) is 7.33. The Labute approximate surface area is 117 Å². The van der Waals surface area contributed by atoms with Crippen LogP contribution < -0.4 is 14.8 Å². The number of amides is 1. The summed E-state index contributed by atoms with van der Waals surface area (Å²) in [6, 6.07) is 4.50. The number of hydrogen-bond donors (Lipinski definition) is 2. The Balaban J connectivity index is 1.95. The van der Waals surface area contributed by atoms with Crippen LogP contribution in [-0.4, -0.2) is 26.0 Å². The van der Waals surface area contributed by atoms with E-state index >= 15 is 0 Å². The van der Waals surface area contributed by atoms with Crippen LogP contribution in [0.4, 0.5) is 5.69 Å². The Morgan fingerprint density at radius 3 is 2.70 bits per heavy atom. The smallest absolute Gasteiger partial charge is 0.268 e. The zero-order chi connectivity index (χ0) is 14.5. The minimum absolute atomic E-state index is 0.0492. The largest absolute Gasteiger partial charge is 0.476 e. The van der Waals surface area contributed by atoms with E-state index in [1.54, 1.807) is 19.9 Å². The van der Waals surface area contributed by atoms with Gasteiger partial charge in [0.05, 0.1) is 10.6 Å². The molecule has 1 aromatic carbocycles. The number of anilines is 1. The molecule has 2 N–H and O–H groups in total. The van der Waals surface area contributed by atoms with Crippen LogP contribution in [0.1, 0.15) is 26.7 Å². The summed E-state index contributed by atoms with van der Waals surface area (Å²) in [5.41, 5.74) is -0.529. The Hall–Kier alpha value is -1.60. The molecule has 1 heterocycles. The topological polar surface area (TPSA) is 84.5 Å². The molecule has 0 unspecified atom stereocenters. The number of rotatable bonds is 3. The quantitative estimate of drug-likeness (QED) is 0.879. The van der Waals surface area contributed by atoms with Gasteiger partial charge in [-0.3, -0.25) is 4.79 Å². The number of fused-ring (bicyclic) bond motifs is 1. The highest BCUT2D eigenvalue weighted by molar-refractivity contribution is 7.89. The van der Waals surface area contributed by atoms with Crippen LogP contribution in [0.15, 0.2) is 23.1 Å². The predicted octanol–water partition coefficient (Wildman–Crippen LogP) is 1.24. The van der Waals surface area contributed by atoms with Crippen molar-refractivity contribution in [3.05, 3.63) is 18.2 Å². The van der Waals surface area contributed by atoms with Gasteiger partial charge in [0.25, 0.3) is 5.91 Å². The fourth-order valence-electron chi connectivity index (χ4n) is 1.94. The second-order valence-electron chi connectivity index (χ2n) is 5.62. The fraction of sp³-hybridized carbons (Fsp3) is 0.462. The lowest BCUT2D eigenvalue weighted by Gasteiger charge is -2.31. The minimum Gasteiger partial charge on any atom is -0.476 e. The highest BCUT2D eigenvalue weighted by Crippen LogP contribution is 2.35. The van der Waals surface area contributed by atoms with Gasteiger partial charge in [-0.05, 0) is 38.8 Å². The average Bonchev–Trinajstić information content (AvgIpc) is 3.12. The molecule has 0 bridgehead atoms. The molecule has 1 aliphatic carbocycles. The van der Waals surface area contributed by atoms with Gasteiger partial charge < -0.3 is 10.1 Å². The summed E-state index contributed by atoms with van der Waals surface area (Å²) >= 11 is 0. The molecule has 108 valence electrons. The maximum atomic E-state index is 12.1. The van der Waals surface area contributed by atoms with Crippen molar-refractivity contribution in [1.29, 1.82) is 0 Å². The maximum Gasteiger partial charge on any atom is 0.268 e. The molecule has 1 saturated carbocycles. The van der Waals surface area contributed by atoms with Crippen LogP contribution in [-0.2, 0) is 14.8 Å². The molecule has 0 saturated heterocycles. The summed E-state index contributed by atoms with van der Waals surface area (Å²) in [5, 5.41) is 2.70. The first kappa shape index (κ1) is 13.4. The van der Waals surface area contributed by atoms with Crippen LogP contribution in [0, 0.1) is 0 Å². The molecule has 1 aromatic rings. The maximum absolute atomic E-state index is 12.1. The first-order valence-electron chi connectivity index (χ1n) is 6.45. The van der Waals surface area contributed by atoms with Crippen molar-refractivity contribution in [2.24, 2.45) is 0 Å². The molecule has 1 amide bonds. The Bertz CT molecular complexity index is 678. The summed E-state index contributed by atoms with van der Waals surface area (Å²) in [6.45, 7) is 3.27. The molecule has 0 atom stereocenters. The van der Waals surface area contributed by atoms with Crippen LogP contribution in [0.5, 0.6) is 5.75 Å². The number of carbonyl (C=O) groups excluding carboxylic acids is 1. The lowest BCUT2D eigenvalue weighted by atomic mass is 10.1. The Morgan fingerprint density at radius 2 is 2.05 bits per heavy atom. The molecule has 0 radical (unpaired) electrons.